The van der Waals surface area contributed by atoms with Crippen molar-refractivity contribution in [1.29, 1.82) is 0 Å². The van der Waals surface area contributed by atoms with Crippen LogP contribution in [-0.4, -0.2) is 7.11 Å². The van der Waals surface area contributed by atoms with E-state index in [1.165, 1.54) is 11.6 Å². The van der Waals surface area contributed by atoms with Crippen molar-refractivity contribution in [3.8, 4) is 5.75 Å². The topological polar surface area (TPSA) is 21.3 Å². The lowest BCUT2D eigenvalue weighted by molar-refractivity contribution is 0.382. The van der Waals surface area contributed by atoms with Gasteiger partial charge >= 0.3 is 0 Å². The van der Waals surface area contributed by atoms with Crippen molar-refractivity contribution >= 4 is 0 Å². The number of halogens is 1. The van der Waals surface area contributed by atoms with Gasteiger partial charge in [0.15, 0.2) is 0 Å². The molecule has 1 N–H and O–H groups in total. The first-order chi connectivity index (χ1) is 10.2. The smallest absolute Gasteiger partial charge is 0.131 e. The van der Waals surface area contributed by atoms with E-state index in [-0.39, 0.29) is 17.9 Å². The van der Waals surface area contributed by atoms with Crippen molar-refractivity contribution in [2.45, 2.75) is 32.4 Å². The quantitative estimate of drug-likeness (QED) is 0.836. The lowest BCUT2D eigenvalue weighted by atomic mass is 10.0. The molecule has 0 fully saturated rings. The fourth-order valence-electron chi connectivity index (χ4n) is 2.64. The van der Waals surface area contributed by atoms with Gasteiger partial charge in [-0.1, -0.05) is 43.3 Å². The molecular formula is C18H22FNO. The van der Waals surface area contributed by atoms with Gasteiger partial charge in [0.25, 0.3) is 0 Å². The molecule has 0 saturated carbocycles. The maximum Gasteiger partial charge on any atom is 0.131 e. The maximum absolute atomic E-state index is 14.1. The highest BCUT2D eigenvalue weighted by Gasteiger charge is 2.19. The summed E-state index contributed by atoms with van der Waals surface area (Å²) >= 11 is 0. The standard InChI is InChI=1S/C18H22FNO/c1-4-16(14-9-6-5-7-10-14)20-13(2)18-15(19)11-8-12-17(18)21-3/h5-13,16,20H,4H2,1-3H3. The van der Waals surface area contributed by atoms with Gasteiger partial charge in [0, 0.05) is 17.6 Å². The third kappa shape index (κ3) is 3.61. The average molecular weight is 287 g/mol. The number of rotatable bonds is 6. The first-order valence-corrected chi connectivity index (χ1v) is 7.30. The van der Waals surface area contributed by atoms with E-state index in [1.54, 1.807) is 19.2 Å². The minimum atomic E-state index is -0.239. The van der Waals surface area contributed by atoms with Crippen LogP contribution < -0.4 is 10.1 Å². The monoisotopic (exact) mass is 287 g/mol. The fraction of sp³-hybridized carbons (Fsp3) is 0.333. The van der Waals surface area contributed by atoms with Crippen LogP contribution in [0.25, 0.3) is 0 Å². The molecule has 0 aliphatic heterocycles. The second kappa shape index (κ2) is 7.23. The van der Waals surface area contributed by atoms with Gasteiger partial charge in [-0.2, -0.15) is 0 Å². The largest absolute Gasteiger partial charge is 0.496 e. The maximum atomic E-state index is 14.1. The zero-order valence-corrected chi connectivity index (χ0v) is 12.8. The summed E-state index contributed by atoms with van der Waals surface area (Å²) in [4.78, 5) is 0. The highest BCUT2D eigenvalue weighted by atomic mass is 19.1. The number of nitrogens with one attached hydrogen (secondary N) is 1. The van der Waals surface area contributed by atoms with E-state index in [4.69, 9.17) is 4.74 Å². The lowest BCUT2D eigenvalue weighted by Crippen LogP contribution is -2.25. The van der Waals surface area contributed by atoms with Crippen LogP contribution in [0.5, 0.6) is 5.75 Å². The molecule has 0 radical (unpaired) electrons. The third-order valence-electron chi connectivity index (χ3n) is 3.73. The first kappa shape index (κ1) is 15.5. The Kier molecular flexibility index (Phi) is 5.34. The fourth-order valence-corrected chi connectivity index (χ4v) is 2.64. The molecule has 0 heterocycles. The Hall–Kier alpha value is -1.87. The van der Waals surface area contributed by atoms with E-state index >= 15 is 0 Å². The molecule has 112 valence electrons. The Morgan fingerprint density at radius 1 is 1.10 bits per heavy atom. The van der Waals surface area contributed by atoms with Crippen LogP contribution in [0.1, 0.15) is 43.5 Å². The molecule has 3 heteroatoms. The molecule has 0 aliphatic carbocycles. The Balaban J connectivity index is 2.23. The number of hydrogen-bond acceptors (Lipinski definition) is 2. The molecule has 0 bridgehead atoms. The van der Waals surface area contributed by atoms with Gasteiger partial charge in [-0.15, -0.1) is 0 Å². The van der Waals surface area contributed by atoms with E-state index in [9.17, 15) is 4.39 Å². The summed E-state index contributed by atoms with van der Waals surface area (Å²) in [6.45, 7) is 4.09. The third-order valence-corrected chi connectivity index (χ3v) is 3.73. The molecule has 0 saturated heterocycles. The summed E-state index contributed by atoms with van der Waals surface area (Å²) in [6.07, 6.45) is 0.936. The van der Waals surface area contributed by atoms with Gasteiger partial charge in [-0.05, 0) is 31.0 Å². The van der Waals surface area contributed by atoms with Crippen molar-refractivity contribution < 1.29 is 9.13 Å². The minimum absolute atomic E-state index is 0.133. The van der Waals surface area contributed by atoms with Crippen LogP contribution in [0.3, 0.4) is 0 Å². The van der Waals surface area contributed by atoms with E-state index < -0.39 is 0 Å². The Morgan fingerprint density at radius 3 is 2.43 bits per heavy atom. The van der Waals surface area contributed by atoms with Crippen LogP contribution in [0, 0.1) is 5.82 Å². The highest BCUT2D eigenvalue weighted by Crippen LogP contribution is 2.30. The second-order valence-electron chi connectivity index (χ2n) is 5.12. The molecule has 2 atom stereocenters. The molecule has 0 amide bonds. The molecule has 0 aliphatic rings. The molecule has 0 aromatic heterocycles. The summed E-state index contributed by atoms with van der Waals surface area (Å²) in [5, 5.41) is 3.49. The van der Waals surface area contributed by atoms with Crippen LogP contribution in [0.15, 0.2) is 48.5 Å². The summed E-state index contributed by atoms with van der Waals surface area (Å²) in [5.41, 5.74) is 1.79. The Bertz CT molecular complexity index is 571. The SMILES string of the molecule is CCC(NC(C)c1c(F)cccc1OC)c1ccccc1. The number of ether oxygens (including phenoxy) is 1. The molecular weight excluding hydrogens is 265 g/mol. The number of benzene rings is 2. The van der Waals surface area contributed by atoms with Gasteiger partial charge in [0.1, 0.15) is 11.6 Å². The van der Waals surface area contributed by atoms with Crippen molar-refractivity contribution in [3.63, 3.8) is 0 Å². The van der Waals surface area contributed by atoms with E-state index in [0.29, 0.717) is 11.3 Å². The number of hydrogen-bond donors (Lipinski definition) is 1. The van der Waals surface area contributed by atoms with Crippen molar-refractivity contribution in [2.24, 2.45) is 0 Å². The van der Waals surface area contributed by atoms with E-state index in [0.717, 1.165) is 6.42 Å². The molecule has 2 nitrogen and oxygen atoms in total. The second-order valence-corrected chi connectivity index (χ2v) is 5.12. The van der Waals surface area contributed by atoms with Gasteiger partial charge in [-0.25, -0.2) is 4.39 Å². The van der Waals surface area contributed by atoms with Gasteiger partial charge in [0.05, 0.1) is 7.11 Å². The van der Waals surface area contributed by atoms with Gasteiger partial charge < -0.3 is 10.1 Å². The zero-order chi connectivity index (χ0) is 15.2. The normalized spacial score (nSPS) is 13.7. The predicted molar refractivity (Wildman–Crippen MR) is 84.0 cm³/mol. The van der Waals surface area contributed by atoms with E-state index in [1.807, 2.05) is 25.1 Å². The van der Waals surface area contributed by atoms with Crippen molar-refractivity contribution in [2.75, 3.05) is 7.11 Å². The van der Waals surface area contributed by atoms with Crippen LogP contribution in [0.2, 0.25) is 0 Å². The molecule has 2 rings (SSSR count). The Labute approximate surface area is 126 Å². The van der Waals surface area contributed by atoms with Crippen LogP contribution in [0.4, 0.5) is 4.39 Å². The van der Waals surface area contributed by atoms with Crippen LogP contribution in [-0.2, 0) is 0 Å². The minimum Gasteiger partial charge on any atom is -0.496 e. The van der Waals surface area contributed by atoms with Crippen molar-refractivity contribution in [3.05, 3.63) is 65.5 Å². The summed E-state index contributed by atoms with van der Waals surface area (Å²) in [6, 6.07) is 15.2. The predicted octanol–water partition coefficient (Wildman–Crippen LogP) is 4.64. The zero-order valence-electron chi connectivity index (χ0n) is 12.8. The molecule has 2 unspecified atom stereocenters. The number of methoxy groups -OCH3 is 1. The van der Waals surface area contributed by atoms with Crippen LogP contribution >= 0.6 is 0 Å². The highest BCUT2D eigenvalue weighted by molar-refractivity contribution is 5.37. The molecule has 21 heavy (non-hydrogen) atoms. The Morgan fingerprint density at radius 2 is 1.81 bits per heavy atom. The average Bonchev–Trinajstić information content (AvgIpc) is 2.52. The summed E-state index contributed by atoms with van der Waals surface area (Å²) in [7, 11) is 1.57. The first-order valence-electron chi connectivity index (χ1n) is 7.30. The molecule has 2 aromatic carbocycles. The molecule has 2 aromatic rings. The van der Waals surface area contributed by atoms with Crippen molar-refractivity contribution in [1.82, 2.24) is 5.32 Å². The van der Waals surface area contributed by atoms with E-state index in [2.05, 4.69) is 24.4 Å². The van der Waals surface area contributed by atoms with Gasteiger partial charge in [0.2, 0.25) is 0 Å². The lowest BCUT2D eigenvalue weighted by Gasteiger charge is -2.24. The molecule has 0 spiro atoms. The summed E-state index contributed by atoms with van der Waals surface area (Å²) < 4.78 is 19.4. The van der Waals surface area contributed by atoms with Gasteiger partial charge in [-0.3, -0.25) is 0 Å². The summed E-state index contributed by atoms with van der Waals surface area (Å²) in [5.74, 6) is 0.343.